The molecule has 4 atom stereocenters. The first-order valence-corrected chi connectivity index (χ1v) is 13.4. The van der Waals surface area contributed by atoms with E-state index in [1.807, 2.05) is 12.1 Å². The van der Waals surface area contributed by atoms with Crippen molar-refractivity contribution in [3.05, 3.63) is 57.5 Å². The highest BCUT2D eigenvalue weighted by Gasteiger charge is 2.90. The van der Waals surface area contributed by atoms with Crippen LogP contribution < -0.4 is 10.5 Å². The SMILES string of the molecule is O=c1[nH]c(C2CC[C@]3(C2)C2CC23N2CCN(c3cccc(F)c3)CC2)nc2c1CC1(CC2)CC1. The Hall–Kier alpha value is -2.21. The molecule has 4 saturated carbocycles. The van der Waals surface area contributed by atoms with Crippen LogP contribution in [0.4, 0.5) is 10.1 Å². The molecular formula is C28H33FN4O. The molecule has 34 heavy (non-hydrogen) atoms. The monoisotopic (exact) mass is 460 g/mol. The summed E-state index contributed by atoms with van der Waals surface area (Å²) < 4.78 is 13.7. The highest BCUT2D eigenvalue weighted by molar-refractivity contribution is 5.48. The van der Waals surface area contributed by atoms with Crippen molar-refractivity contribution in [1.29, 1.82) is 0 Å². The molecule has 8 rings (SSSR count). The van der Waals surface area contributed by atoms with Gasteiger partial charge in [0.05, 0.1) is 5.69 Å². The Kier molecular flexibility index (Phi) is 3.83. The van der Waals surface area contributed by atoms with E-state index in [0.29, 0.717) is 22.3 Å². The number of fused-ring (bicyclic) bond motifs is 4. The first kappa shape index (κ1) is 20.0. The molecule has 6 aliphatic rings. The van der Waals surface area contributed by atoms with Gasteiger partial charge in [0.2, 0.25) is 0 Å². The molecule has 1 aliphatic heterocycles. The first-order chi connectivity index (χ1) is 16.5. The van der Waals surface area contributed by atoms with E-state index in [2.05, 4.69) is 14.8 Å². The third-order valence-corrected chi connectivity index (χ3v) is 10.9. The number of aromatic nitrogens is 2. The van der Waals surface area contributed by atoms with E-state index in [0.717, 1.165) is 74.1 Å². The van der Waals surface area contributed by atoms with Crippen LogP contribution in [0, 0.1) is 22.6 Å². The molecule has 2 aromatic rings. The second-order valence-electron chi connectivity index (χ2n) is 12.3. The van der Waals surface area contributed by atoms with Crippen molar-refractivity contribution < 1.29 is 4.39 Å². The number of aromatic amines is 1. The Morgan fingerprint density at radius 2 is 1.91 bits per heavy atom. The van der Waals surface area contributed by atoms with E-state index in [1.165, 1.54) is 44.6 Å². The zero-order chi connectivity index (χ0) is 22.7. The number of rotatable bonds is 3. The Morgan fingerprint density at radius 1 is 1.06 bits per heavy atom. The van der Waals surface area contributed by atoms with E-state index < -0.39 is 0 Å². The predicted molar refractivity (Wildman–Crippen MR) is 129 cm³/mol. The number of nitrogens with zero attached hydrogens (tertiary/aromatic N) is 3. The van der Waals surface area contributed by atoms with Gasteiger partial charge in [-0.3, -0.25) is 9.69 Å². The molecule has 1 N–H and O–H groups in total. The molecule has 1 saturated heterocycles. The van der Waals surface area contributed by atoms with Gasteiger partial charge >= 0.3 is 0 Å². The van der Waals surface area contributed by atoms with Crippen LogP contribution in [0.2, 0.25) is 0 Å². The number of H-pyrrole nitrogens is 1. The van der Waals surface area contributed by atoms with Crippen LogP contribution in [-0.2, 0) is 12.8 Å². The van der Waals surface area contributed by atoms with E-state index in [9.17, 15) is 9.18 Å². The largest absolute Gasteiger partial charge is 0.369 e. The molecule has 1 aromatic carbocycles. The maximum absolute atomic E-state index is 13.7. The van der Waals surface area contributed by atoms with Crippen LogP contribution in [-0.4, -0.2) is 46.6 Å². The van der Waals surface area contributed by atoms with Crippen molar-refractivity contribution in [2.75, 3.05) is 31.1 Å². The first-order valence-electron chi connectivity index (χ1n) is 13.4. The number of hydrogen-bond donors (Lipinski definition) is 1. The van der Waals surface area contributed by atoms with E-state index in [4.69, 9.17) is 4.98 Å². The minimum absolute atomic E-state index is 0.149. The molecule has 1 aromatic heterocycles. The van der Waals surface area contributed by atoms with E-state index in [1.54, 1.807) is 6.07 Å². The van der Waals surface area contributed by atoms with E-state index >= 15 is 0 Å². The molecule has 2 heterocycles. The summed E-state index contributed by atoms with van der Waals surface area (Å²) in [5.74, 6) is 2.07. The van der Waals surface area contributed by atoms with Crippen molar-refractivity contribution in [2.24, 2.45) is 16.7 Å². The van der Waals surface area contributed by atoms with Crippen LogP contribution in [0.25, 0.3) is 0 Å². The van der Waals surface area contributed by atoms with E-state index in [-0.39, 0.29) is 11.4 Å². The smallest absolute Gasteiger partial charge is 0.254 e. The molecular weight excluding hydrogens is 427 g/mol. The van der Waals surface area contributed by atoms with Gasteiger partial charge in [0.15, 0.2) is 0 Å². The summed E-state index contributed by atoms with van der Waals surface area (Å²) in [4.78, 5) is 26.3. The topological polar surface area (TPSA) is 52.2 Å². The maximum atomic E-state index is 13.7. The second-order valence-corrected chi connectivity index (χ2v) is 12.3. The molecule has 5 nitrogen and oxygen atoms in total. The minimum Gasteiger partial charge on any atom is -0.369 e. The summed E-state index contributed by atoms with van der Waals surface area (Å²) in [6.07, 6.45) is 10.7. The van der Waals surface area contributed by atoms with Gasteiger partial charge in [-0.05, 0) is 92.7 Å². The zero-order valence-corrected chi connectivity index (χ0v) is 19.8. The normalized spacial score (nSPS) is 37.0. The van der Waals surface area contributed by atoms with Crippen LogP contribution in [0.3, 0.4) is 0 Å². The van der Waals surface area contributed by atoms with Gasteiger partial charge in [0.25, 0.3) is 5.56 Å². The molecule has 0 amide bonds. The summed E-state index contributed by atoms with van der Waals surface area (Å²) in [7, 11) is 0. The Balaban J connectivity index is 0.968. The van der Waals surface area contributed by atoms with Crippen LogP contribution in [0.5, 0.6) is 0 Å². The van der Waals surface area contributed by atoms with Gasteiger partial charge in [0.1, 0.15) is 11.6 Å². The summed E-state index contributed by atoms with van der Waals surface area (Å²) in [5.41, 5.74) is 4.54. The predicted octanol–water partition coefficient (Wildman–Crippen LogP) is 4.03. The number of nitrogens with one attached hydrogen (secondary N) is 1. The third kappa shape index (κ3) is 2.64. The lowest BCUT2D eigenvalue weighted by molar-refractivity contribution is 0.141. The van der Waals surface area contributed by atoms with Gasteiger partial charge in [-0.1, -0.05) is 6.07 Å². The average molecular weight is 461 g/mol. The number of halogens is 1. The number of hydrogen-bond acceptors (Lipinski definition) is 4. The molecule has 2 spiro atoms. The summed E-state index contributed by atoms with van der Waals surface area (Å²) in [6, 6.07) is 7.01. The summed E-state index contributed by atoms with van der Waals surface area (Å²) >= 11 is 0. The van der Waals surface area contributed by atoms with Gasteiger partial charge in [-0.15, -0.1) is 0 Å². The molecule has 0 bridgehead atoms. The highest BCUT2D eigenvalue weighted by atomic mass is 19.1. The van der Waals surface area contributed by atoms with Crippen molar-refractivity contribution in [3.8, 4) is 0 Å². The summed E-state index contributed by atoms with van der Waals surface area (Å²) in [6.45, 7) is 4.07. The molecule has 0 radical (unpaired) electrons. The fraction of sp³-hybridized carbons (Fsp3) is 0.643. The van der Waals surface area contributed by atoms with Gasteiger partial charge < -0.3 is 9.88 Å². The second kappa shape index (κ2) is 6.51. The molecule has 6 heteroatoms. The lowest BCUT2D eigenvalue weighted by Crippen LogP contribution is -2.51. The average Bonchev–Trinajstić information content (AvgIpc) is 3.80. The summed E-state index contributed by atoms with van der Waals surface area (Å²) in [5, 5.41) is 0. The van der Waals surface area contributed by atoms with Gasteiger partial charge in [0, 0.05) is 48.9 Å². The van der Waals surface area contributed by atoms with Crippen LogP contribution in [0.15, 0.2) is 29.1 Å². The fourth-order valence-electron chi connectivity index (χ4n) is 8.58. The van der Waals surface area contributed by atoms with Crippen molar-refractivity contribution >= 4 is 5.69 Å². The van der Waals surface area contributed by atoms with Crippen molar-refractivity contribution in [3.63, 3.8) is 0 Å². The third-order valence-electron chi connectivity index (χ3n) is 10.9. The number of benzene rings is 1. The highest BCUT2D eigenvalue weighted by Crippen LogP contribution is 2.89. The molecule has 178 valence electrons. The van der Waals surface area contributed by atoms with Crippen molar-refractivity contribution in [2.45, 2.75) is 69.2 Å². The Labute approximate surface area is 199 Å². The standard InChI is InChI=1S/C28H33FN4O/c29-19-2-1-3-20(14-19)32-10-12-33(13-11-32)28-17-23(28)27(28)7-4-18(15-27)24-30-22-5-6-26(8-9-26)16-21(22)25(34)31-24/h1-3,14,18,23H,4-13,15-17H2,(H,30,31,34)/t18?,23?,27-,28?/m0/s1. The number of aryl methyl sites for hydroxylation is 1. The maximum Gasteiger partial charge on any atom is 0.254 e. The quantitative estimate of drug-likeness (QED) is 0.752. The number of anilines is 1. The Morgan fingerprint density at radius 3 is 2.68 bits per heavy atom. The van der Waals surface area contributed by atoms with Crippen LogP contribution >= 0.6 is 0 Å². The lowest BCUT2D eigenvalue weighted by atomic mass is 9.84. The Bertz CT molecular complexity index is 1250. The minimum atomic E-state index is -0.153. The number of piperazine rings is 1. The zero-order valence-electron chi connectivity index (χ0n) is 19.8. The van der Waals surface area contributed by atoms with Crippen molar-refractivity contribution in [1.82, 2.24) is 14.9 Å². The molecule has 5 fully saturated rings. The molecule has 5 aliphatic carbocycles. The fourth-order valence-corrected chi connectivity index (χ4v) is 8.58. The van der Waals surface area contributed by atoms with Crippen LogP contribution in [0.1, 0.15) is 67.9 Å². The molecule has 3 unspecified atom stereocenters. The lowest BCUT2D eigenvalue weighted by Gasteiger charge is -2.40. The van der Waals surface area contributed by atoms with Gasteiger partial charge in [-0.2, -0.15) is 0 Å². The van der Waals surface area contributed by atoms with Gasteiger partial charge in [-0.25, -0.2) is 9.37 Å².